The standard InChI is InChI=1S/C13H11BrO/c1-2-13(15)12-5-3-4-9-8-10(14)6-7-11(9)12/h3-8H,2H2,1H3. The summed E-state index contributed by atoms with van der Waals surface area (Å²) in [6, 6.07) is 11.8. The minimum absolute atomic E-state index is 0.197. The van der Waals surface area contributed by atoms with E-state index in [1.807, 2.05) is 43.3 Å². The highest BCUT2D eigenvalue weighted by Crippen LogP contribution is 2.23. The molecule has 0 spiro atoms. The molecule has 2 aromatic carbocycles. The molecule has 2 aromatic rings. The molecule has 0 saturated carbocycles. The number of Topliss-reactive ketones (excluding diaryl/α,β-unsaturated/α-hetero) is 1. The Balaban J connectivity index is 2.71. The Morgan fingerprint density at radius 3 is 2.80 bits per heavy atom. The SMILES string of the molecule is CCC(=O)c1cccc2cc(Br)ccc12. The second kappa shape index (κ2) is 4.15. The van der Waals surface area contributed by atoms with E-state index in [1.54, 1.807) is 0 Å². The van der Waals surface area contributed by atoms with Gasteiger partial charge < -0.3 is 0 Å². The predicted octanol–water partition coefficient (Wildman–Crippen LogP) is 4.20. The molecule has 0 radical (unpaired) electrons. The Labute approximate surface area is 97.2 Å². The van der Waals surface area contributed by atoms with Gasteiger partial charge in [0, 0.05) is 16.5 Å². The monoisotopic (exact) mass is 262 g/mol. The van der Waals surface area contributed by atoms with E-state index in [2.05, 4.69) is 15.9 Å². The van der Waals surface area contributed by atoms with Crippen LogP contribution in [0.5, 0.6) is 0 Å². The Hall–Kier alpha value is -1.15. The van der Waals surface area contributed by atoms with E-state index in [0.29, 0.717) is 6.42 Å². The van der Waals surface area contributed by atoms with Crippen molar-refractivity contribution in [3.05, 3.63) is 46.4 Å². The van der Waals surface area contributed by atoms with Gasteiger partial charge in [0.1, 0.15) is 0 Å². The molecule has 1 nitrogen and oxygen atoms in total. The zero-order valence-electron chi connectivity index (χ0n) is 8.46. The van der Waals surface area contributed by atoms with Crippen molar-refractivity contribution in [3.63, 3.8) is 0 Å². The lowest BCUT2D eigenvalue weighted by Crippen LogP contribution is -1.97. The molecule has 0 aliphatic heterocycles. The second-order valence-electron chi connectivity index (χ2n) is 3.45. The van der Waals surface area contributed by atoms with Crippen LogP contribution in [0, 0.1) is 0 Å². The maximum Gasteiger partial charge on any atom is 0.163 e. The predicted molar refractivity (Wildman–Crippen MR) is 66.3 cm³/mol. The van der Waals surface area contributed by atoms with Gasteiger partial charge in [-0.1, -0.05) is 47.1 Å². The number of benzene rings is 2. The molecule has 0 bridgehead atoms. The largest absolute Gasteiger partial charge is 0.294 e. The normalized spacial score (nSPS) is 10.5. The molecule has 0 N–H and O–H groups in total. The van der Waals surface area contributed by atoms with Gasteiger partial charge in [0.25, 0.3) is 0 Å². The summed E-state index contributed by atoms with van der Waals surface area (Å²) >= 11 is 3.43. The van der Waals surface area contributed by atoms with E-state index in [4.69, 9.17) is 0 Å². The highest BCUT2D eigenvalue weighted by molar-refractivity contribution is 9.10. The van der Waals surface area contributed by atoms with Crippen LogP contribution in [0.15, 0.2) is 40.9 Å². The zero-order valence-corrected chi connectivity index (χ0v) is 10.0. The molecule has 0 unspecified atom stereocenters. The molecule has 0 aromatic heterocycles. The van der Waals surface area contributed by atoms with Crippen LogP contribution >= 0.6 is 15.9 Å². The number of carbonyl (C=O) groups excluding carboxylic acids is 1. The van der Waals surface area contributed by atoms with Crippen molar-refractivity contribution >= 4 is 32.5 Å². The first kappa shape index (κ1) is 10.4. The van der Waals surface area contributed by atoms with Crippen molar-refractivity contribution in [3.8, 4) is 0 Å². The van der Waals surface area contributed by atoms with Crippen molar-refractivity contribution in [1.29, 1.82) is 0 Å². The molecule has 76 valence electrons. The third-order valence-electron chi connectivity index (χ3n) is 2.46. The van der Waals surface area contributed by atoms with Crippen LogP contribution < -0.4 is 0 Å². The first-order valence-corrected chi connectivity index (χ1v) is 5.73. The summed E-state index contributed by atoms with van der Waals surface area (Å²) in [6.45, 7) is 1.89. The van der Waals surface area contributed by atoms with Crippen LogP contribution in [-0.2, 0) is 0 Å². The summed E-state index contributed by atoms with van der Waals surface area (Å²) in [7, 11) is 0. The molecule has 0 aliphatic rings. The highest BCUT2D eigenvalue weighted by atomic mass is 79.9. The molecule has 2 heteroatoms. The first-order valence-electron chi connectivity index (χ1n) is 4.94. The van der Waals surface area contributed by atoms with Crippen LogP contribution in [0.1, 0.15) is 23.7 Å². The third kappa shape index (κ3) is 1.95. The number of hydrogen-bond acceptors (Lipinski definition) is 1. The average Bonchev–Trinajstić information content (AvgIpc) is 2.26. The van der Waals surface area contributed by atoms with Gasteiger partial charge >= 0.3 is 0 Å². The lowest BCUT2D eigenvalue weighted by Gasteiger charge is -2.04. The lowest BCUT2D eigenvalue weighted by molar-refractivity contribution is 0.0990. The van der Waals surface area contributed by atoms with Crippen molar-refractivity contribution in [1.82, 2.24) is 0 Å². The Morgan fingerprint density at radius 2 is 2.07 bits per heavy atom. The van der Waals surface area contributed by atoms with Crippen LogP contribution in [0.4, 0.5) is 0 Å². The van der Waals surface area contributed by atoms with Crippen molar-refractivity contribution in [2.75, 3.05) is 0 Å². The summed E-state index contributed by atoms with van der Waals surface area (Å²) in [4.78, 5) is 11.7. The fourth-order valence-corrected chi connectivity index (χ4v) is 2.07. The quantitative estimate of drug-likeness (QED) is 0.742. The first-order chi connectivity index (χ1) is 7.22. The summed E-state index contributed by atoms with van der Waals surface area (Å²) in [5.41, 5.74) is 0.822. The molecule has 0 saturated heterocycles. The summed E-state index contributed by atoms with van der Waals surface area (Å²) in [5, 5.41) is 2.14. The zero-order chi connectivity index (χ0) is 10.8. The van der Waals surface area contributed by atoms with Gasteiger partial charge in [0.15, 0.2) is 5.78 Å². The van der Waals surface area contributed by atoms with Crippen LogP contribution in [0.2, 0.25) is 0 Å². The van der Waals surface area contributed by atoms with Crippen LogP contribution in [0.3, 0.4) is 0 Å². The Morgan fingerprint density at radius 1 is 1.27 bits per heavy atom. The van der Waals surface area contributed by atoms with Gasteiger partial charge in [-0.3, -0.25) is 4.79 Å². The van der Waals surface area contributed by atoms with Crippen LogP contribution in [-0.4, -0.2) is 5.78 Å². The number of rotatable bonds is 2. The number of carbonyl (C=O) groups is 1. The smallest absolute Gasteiger partial charge is 0.163 e. The van der Waals surface area contributed by atoms with Gasteiger partial charge in [-0.15, -0.1) is 0 Å². The maximum absolute atomic E-state index is 11.7. The lowest BCUT2D eigenvalue weighted by atomic mass is 10.0. The van der Waals surface area contributed by atoms with Crippen molar-refractivity contribution in [2.45, 2.75) is 13.3 Å². The molecular formula is C13H11BrO. The van der Waals surface area contributed by atoms with E-state index < -0.39 is 0 Å². The molecule has 0 aliphatic carbocycles. The fraction of sp³-hybridized carbons (Fsp3) is 0.154. The third-order valence-corrected chi connectivity index (χ3v) is 2.96. The molecule has 15 heavy (non-hydrogen) atoms. The van der Waals surface area contributed by atoms with E-state index in [-0.39, 0.29) is 5.78 Å². The number of ketones is 1. The van der Waals surface area contributed by atoms with Gasteiger partial charge in [-0.05, 0) is 22.9 Å². The minimum atomic E-state index is 0.197. The molecule has 0 atom stereocenters. The van der Waals surface area contributed by atoms with Gasteiger partial charge in [-0.2, -0.15) is 0 Å². The molecule has 0 fully saturated rings. The number of halogens is 1. The fourth-order valence-electron chi connectivity index (χ4n) is 1.69. The summed E-state index contributed by atoms with van der Waals surface area (Å²) in [6.07, 6.45) is 0.551. The van der Waals surface area contributed by atoms with E-state index in [9.17, 15) is 4.79 Å². The topological polar surface area (TPSA) is 17.1 Å². The Bertz CT molecular complexity index is 517. The van der Waals surface area contributed by atoms with Gasteiger partial charge in [0.2, 0.25) is 0 Å². The molecule has 0 heterocycles. The number of fused-ring (bicyclic) bond motifs is 1. The summed E-state index contributed by atoms with van der Waals surface area (Å²) in [5.74, 6) is 0.197. The maximum atomic E-state index is 11.7. The van der Waals surface area contributed by atoms with Crippen molar-refractivity contribution in [2.24, 2.45) is 0 Å². The molecule has 0 amide bonds. The minimum Gasteiger partial charge on any atom is -0.294 e. The summed E-state index contributed by atoms with van der Waals surface area (Å²) < 4.78 is 1.04. The van der Waals surface area contributed by atoms with E-state index in [0.717, 1.165) is 20.8 Å². The van der Waals surface area contributed by atoms with Crippen LogP contribution in [0.25, 0.3) is 10.8 Å². The second-order valence-corrected chi connectivity index (χ2v) is 4.36. The Kier molecular flexibility index (Phi) is 2.87. The van der Waals surface area contributed by atoms with Crippen molar-refractivity contribution < 1.29 is 4.79 Å². The average molecular weight is 263 g/mol. The van der Waals surface area contributed by atoms with Gasteiger partial charge in [-0.25, -0.2) is 0 Å². The molecular weight excluding hydrogens is 252 g/mol. The van der Waals surface area contributed by atoms with E-state index in [1.165, 1.54) is 0 Å². The number of hydrogen-bond donors (Lipinski definition) is 0. The highest BCUT2D eigenvalue weighted by Gasteiger charge is 2.07. The molecule has 2 rings (SSSR count). The van der Waals surface area contributed by atoms with Gasteiger partial charge in [0.05, 0.1) is 0 Å². The van der Waals surface area contributed by atoms with E-state index >= 15 is 0 Å².